The Bertz CT molecular complexity index is 744. The van der Waals surface area contributed by atoms with Gasteiger partial charge in [-0.1, -0.05) is 33.1 Å². The Balaban J connectivity index is 1.65. The second-order valence-corrected chi connectivity index (χ2v) is 8.38. The van der Waals surface area contributed by atoms with E-state index in [0.717, 1.165) is 25.5 Å². The normalized spacial score (nSPS) is 22.4. The Kier molecular flexibility index (Phi) is 4.54. The molecule has 2 aromatic heterocycles. The zero-order valence-corrected chi connectivity index (χ0v) is 15.7. The monoisotopic (exact) mass is 356 g/mol. The number of rotatable bonds is 4. The number of likely N-dealkylation sites (tertiary alicyclic amines) is 1. The first-order valence-corrected chi connectivity index (χ1v) is 9.75. The molecule has 3 heterocycles. The quantitative estimate of drug-likeness (QED) is 0.913. The summed E-state index contributed by atoms with van der Waals surface area (Å²) < 4.78 is 2.21. The average Bonchev–Trinajstić information content (AvgIpc) is 3.35. The highest BCUT2D eigenvalue weighted by atomic mass is 16.2. The van der Waals surface area contributed by atoms with Crippen LogP contribution in [0, 0.1) is 11.3 Å². The van der Waals surface area contributed by atoms with Crippen molar-refractivity contribution in [3.05, 3.63) is 30.1 Å². The lowest BCUT2D eigenvalue weighted by Crippen LogP contribution is -2.34. The molecule has 1 atom stereocenters. The summed E-state index contributed by atoms with van der Waals surface area (Å²) in [5.41, 5.74) is 0.777. The molecule has 2 fully saturated rings. The van der Waals surface area contributed by atoms with Gasteiger partial charge in [0.25, 0.3) is 5.91 Å². The van der Waals surface area contributed by atoms with Crippen molar-refractivity contribution in [3.63, 3.8) is 0 Å². The van der Waals surface area contributed by atoms with Crippen LogP contribution in [0.25, 0.3) is 0 Å². The third kappa shape index (κ3) is 3.04. The zero-order valence-electron chi connectivity index (χ0n) is 15.7. The fourth-order valence-corrected chi connectivity index (χ4v) is 4.86. The number of nitrogens with one attached hydrogen (secondary N) is 1. The van der Waals surface area contributed by atoms with Gasteiger partial charge in [-0.15, -0.1) is 10.2 Å². The van der Waals surface area contributed by atoms with Gasteiger partial charge in [-0.25, -0.2) is 0 Å². The number of aromatic amines is 1. The average molecular weight is 356 g/mol. The first-order valence-electron chi connectivity index (χ1n) is 9.75. The van der Waals surface area contributed by atoms with Gasteiger partial charge in [-0.05, 0) is 24.2 Å². The third-order valence-electron chi connectivity index (χ3n) is 6.05. The van der Waals surface area contributed by atoms with E-state index in [1.807, 2.05) is 11.2 Å². The van der Waals surface area contributed by atoms with Crippen LogP contribution >= 0.6 is 0 Å². The van der Waals surface area contributed by atoms with Crippen LogP contribution in [0.4, 0.5) is 0 Å². The number of carbonyl (C=O) groups excluding carboxylic acids is 1. The predicted octanol–water partition coefficient (Wildman–Crippen LogP) is 2.85. The zero-order chi connectivity index (χ0) is 18.1. The summed E-state index contributed by atoms with van der Waals surface area (Å²) in [7, 11) is 0. The molecule has 4 rings (SSSR count). The number of amides is 1. The predicted molar refractivity (Wildman–Crippen MR) is 97.6 cm³/mol. The molecular weight excluding hydrogens is 328 g/mol. The maximum absolute atomic E-state index is 12.9. The maximum atomic E-state index is 12.9. The second kappa shape index (κ2) is 6.85. The van der Waals surface area contributed by atoms with Crippen LogP contribution in [0.2, 0.25) is 0 Å². The number of hydrogen-bond acceptors (Lipinski definition) is 4. The lowest BCUT2D eigenvalue weighted by atomic mass is 9.67. The minimum absolute atomic E-state index is 0.0705. The highest BCUT2D eigenvalue weighted by Crippen LogP contribution is 2.51. The van der Waals surface area contributed by atoms with Gasteiger partial charge in [0, 0.05) is 31.7 Å². The van der Waals surface area contributed by atoms with Crippen LogP contribution in [0.1, 0.15) is 68.1 Å². The smallest absolute Gasteiger partial charge is 0.257 e. The molecule has 1 amide bonds. The summed E-state index contributed by atoms with van der Waals surface area (Å²) in [5, 5.41) is 15.4. The van der Waals surface area contributed by atoms with Crippen LogP contribution < -0.4 is 0 Å². The van der Waals surface area contributed by atoms with Gasteiger partial charge >= 0.3 is 0 Å². The van der Waals surface area contributed by atoms with E-state index in [1.54, 1.807) is 12.4 Å². The van der Waals surface area contributed by atoms with Crippen LogP contribution in [-0.2, 0) is 6.54 Å². The molecule has 1 saturated carbocycles. The Morgan fingerprint density at radius 1 is 1.35 bits per heavy atom. The van der Waals surface area contributed by atoms with Gasteiger partial charge in [0.1, 0.15) is 12.2 Å². The van der Waals surface area contributed by atoms with Gasteiger partial charge in [0.15, 0.2) is 0 Å². The molecule has 1 saturated heterocycles. The van der Waals surface area contributed by atoms with Gasteiger partial charge in [-0.3, -0.25) is 9.89 Å². The fourth-order valence-electron chi connectivity index (χ4n) is 4.86. The number of nitrogens with zero attached hydrogens (tertiary/aromatic N) is 5. The summed E-state index contributed by atoms with van der Waals surface area (Å²) in [6.45, 7) is 6.88. The highest BCUT2D eigenvalue weighted by molar-refractivity contribution is 5.94. The molecule has 7 heteroatoms. The van der Waals surface area contributed by atoms with Crippen molar-refractivity contribution in [2.24, 2.45) is 11.3 Å². The topological polar surface area (TPSA) is 79.7 Å². The largest absolute Gasteiger partial charge is 0.337 e. The van der Waals surface area contributed by atoms with E-state index >= 15 is 0 Å². The first kappa shape index (κ1) is 17.2. The van der Waals surface area contributed by atoms with Gasteiger partial charge < -0.3 is 9.47 Å². The van der Waals surface area contributed by atoms with Crippen LogP contribution in [-0.4, -0.2) is 48.9 Å². The Morgan fingerprint density at radius 3 is 2.85 bits per heavy atom. The molecule has 26 heavy (non-hydrogen) atoms. The Morgan fingerprint density at radius 2 is 2.15 bits per heavy atom. The van der Waals surface area contributed by atoms with Crippen molar-refractivity contribution in [3.8, 4) is 0 Å². The lowest BCUT2D eigenvalue weighted by Gasteiger charge is -2.37. The summed E-state index contributed by atoms with van der Waals surface area (Å²) in [5.74, 6) is 1.93. The molecule has 0 radical (unpaired) electrons. The fraction of sp³-hybridized carbons (Fsp3) is 0.684. The summed E-state index contributed by atoms with van der Waals surface area (Å²) in [4.78, 5) is 14.9. The van der Waals surface area contributed by atoms with Crippen molar-refractivity contribution in [1.29, 1.82) is 0 Å². The molecule has 7 nitrogen and oxygen atoms in total. The molecule has 1 aliphatic carbocycles. The molecular formula is C19H28N6O. The summed E-state index contributed by atoms with van der Waals surface area (Å²) in [6, 6.07) is 0. The molecule has 1 spiro atoms. The molecule has 0 aromatic carbocycles. The number of aromatic nitrogens is 5. The third-order valence-corrected chi connectivity index (χ3v) is 6.05. The number of hydrogen-bond donors (Lipinski definition) is 1. The van der Waals surface area contributed by atoms with E-state index in [0.29, 0.717) is 11.5 Å². The molecule has 1 unspecified atom stereocenters. The standard InChI is InChI=1S/C19H28N6O/c1-14(2)10-25-13-22-23-17(25)16-11-24(18(26)15-8-20-21-9-15)12-19(16)6-4-3-5-7-19/h8-9,13-14,16H,3-7,10-12H2,1-2H3,(H,20,21). The van der Waals surface area contributed by atoms with E-state index in [2.05, 4.69) is 38.8 Å². The number of carbonyl (C=O) groups is 1. The first-order chi connectivity index (χ1) is 12.6. The highest BCUT2D eigenvalue weighted by Gasteiger charge is 2.50. The second-order valence-electron chi connectivity index (χ2n) is 8.38. The minimum Gasteiger partial charge on any atom is -0.337 e. The molecule has 140 valence electrons. The minimum atomic E-state index is 0.0705. The van der Waals surface area contributed by atoms with E-state index in [9.17, 15) is 4.79 Å². The molecule has 2 aliphatic rings. The van der Waals surface area contributed by atoms with Crippen molar-refractivity contribution < 1.29 is 4.79 Å². The Hall–Kier alpha value is -2.18. The molecule has 1 N–H and O–H groups in total. The van der Waals surface area contributed by atoms with Crippen LogP contribution in [0.5, 0.6) is 0 Å². The van der Waals surface area contributed by atoms with Gasteiger partial charge in [0.2, 0.25) is 0 Å². The van der Waals surface area contributed by atoms with E-state index in [-0.39, 0.29) is 17.2 Å². The van der Waals surface area contributed by atoms with Crippen molar-refractivity contribution in [2.45, 2.75) is 58.4 Å². The van der Waals surface area contributed by atoms with E-state index < -0.39 is 0 Å². The van der Waals surface area contributed by atoms with Crippen LogP contribution in [0.15, 0.2) is 18.7 Å². The van der Waals surface area contributed by atoms with E-state index in [1.165, 1.54) is 32.1 Å². The van der Waals surface area contributed by atoms with Crippen molar-refractivity contribution in [1.82, 2.24) is 29.9 Å². The van der Waals surface area contributed by atoms with Crippen LogP contribution in [0.3, 0.4) is 0 Å². The summed E-state index contributed by atoms with van der Waals surface area (Å²) >= 11 is 0. The summed E-state index contributed by atoms with van der Waals surface area (Å²) in [6.07, 6.45) is 11.3. The van der Waals surface area contributed by atoms with Gasteiger partial charge in [0.05, 0.1) is 11.8 Å². The van der Waals surface area contributed by atoms with E-state index in [4.69, 9.17) is 0 Å². The molecule has 0 bridgehead atoms. The molecule has 2 aromatic rings. The van der Waals surface area contributed by atoms with Gasteiger partial charge in [-0.2, -0.15) is 5.10 Å². The SMILES string of the molecule is CC(C)Cn1cnnc1C1CN(C(=O)c2cn[nH]c2)CC12CCCCC2. The van der Waals surface area contributed by atoms with Crippen molar-refractivity contribution in [2.75, 3.05) is 13.1 Å². The molecule has 1 aliphatic heterocycles. The lowest BCUT2D eigenvalue weighted by molar-refractivity contribution is 0.0758. The maximum Gasteiger partial charge on any atom is 0.257 e. The Labute approximate surface area is 154 Å². The van der Waals surface area contributed by atoms with Crippen molar-refractivity contribution >= 4 is 5.91 Å². The number of H-pyrrole nitrogens is 1.